The maximum Gasteiger partial charge on any atom is 0.326 e. The number of imidazole rings is 1. The Morgan fingerprint density at radius 3 is 2.24 bits per heavy atom. The fourth-order valence-electron chi connectivity index (χ4n) is 5.72. The van der Waals surface area contributed by atoms with Gasteiger partial charge in [-0.1, -0.05) is 26.0 Å². The number of rotatable bonds is 19. The Morgan fingerprint density at radius 1 is 0.940 bits per heavy atom. The molecule has 0 bridgehead atoms. The van der Waals surface area contributed by atoms with E-state index in [1.165, 1.54) is 29.6 Å². The third kappa shape index (κ3) is 11.5. The van der Waals surface area contributed by atoms with Gasteiger partial charge in [0.05, 0.1) is 12.9 Å². The van der Waals surface area contributed by atoms with Crippen molar-refractivity contribution in [1.29, 1.82) is 0 Å². The molecule has 50 heavy (non-hydrogen) atoms. The highest BCUT2D eigenvalue weighted by Crippen LogP contribution is 2.21. The summed E-state index contributed by atoms with van der Waals surface area (Å²) in [6, 6.07) is 0.529. The second-order valence-corrected chi connectivity index (χ2v) is 12.6. The molecule has 5 atom stereocenters. The quantitative estimate of drug-likeness (QED) is 0.0774. The monoisotopic (exact) mass is 699 g/mol. The van der Waals surface area contributed by atoms with E-state index in [9.17, 15) is 39.0 Å². The van der Waals surface area contributed by atoms with Gasteiger partial charge in [-0.2, -0.15) is 0 Å². The number of phenolic OH excluding ortho intramolecular Hbond substituents is 1. The molecule has 2 aromatic rings. The Balaban J connectivity index is 1.84. The maximum atomic E-state index is 14.2. The first-order valence-corrected chi connectivity index (χ1v) is 16.7. The predicted octanol–water partition coefficient (Wildman–Crippen LogP) is -1.34. The zero-order chi connectivity index (χ0) is 36.8. The molecule has 1 fully saturated rings. The molecule has 0 saturated carbocycles. The number of phenols is 1. The van der Waals surface area contributed by atoms with E-state index in [1.807, 2.05) is 0 Å². The summed E-state index contributed by atoms with van der Waals surface area (Å²) >= 11 is 0. The molecule has 1 aliphatic heterocycles. The first-order chi connectivity index (χ1) is 23.8. The molecule has 274 valence electrons. The summed E-state index contributed by atoms with van der Waals surface area (Å²) < 4.78 is 0. The second-order valence-electron chi connectivity index (χ2n) is 12.6. The zero-order valence-electron chi connectivity index (χ0n) is 28.4. The minimum Gasteiger partial charge on any atom is -0.508 e. The van der Waals surface area contributed by atoms with Crippen LogP contribution >= 0.6 is 0 Å². The summed E-state index contributed by atoms with van der Waals surface area (Å²) in [5.74, 6) is -4.63. The SMILES string of the molecule is CC(C)C(NC(=O)CN)C(=O)NC(Cc1ccc(O)cc1)C(=O)N1CCCC1C(=O)NC(Cc1cnc[nH]1)C(=O)NC(CCCCN)C(=O)O. The average molecular weight is 700 g/mol. The van der Waals surface area contributed by atoms with Gasteiger partial charge in [-0.05, 0) is 62.3 Å². The van der Waals surface area contributed by atoms with Crippen molar-refractivity contribution in [1.82, 2.24) is 36.1 Å². The van der Waals surface area contributed by atoms with Gasteiger partial charge < -0.3 is 52.8 Å². The molecule has 1 aromatic heterocycles. The van der Waals surface area contributed by atoms with Gasteiger partial charge in [0, 0.05) is 31.3 Å². The van der Waals surface area contributed by atoms with E-state index in [2.05, 4.69) is 31.2 Å². The van der Waals surface area contributed by atoms with Gasteiger partial charge in [-0.3, -0.25) is 24.0 Å². The standard InChI is InChI=1S/C33H49N9O8/c1-19(2)28(41-27(44)16-35)31(47)40-25(14-20-8-10-22(43)11-9-20)32(48)42-13-5-7-26(42)30(46)39-24(15-21-17-36-18-37-21)29(45)38-23(33(49)50)6-3-4-12-34/h8-11,17-19,23-26,28,43H,3-7,12-16,34-35H2,1-2H3,(H,36,37)(H,38,45)(H,39,46)(H,40,47)(H,41,44)(H,49,50). The molecule has 17 heteroatoms. The van der Waals surface area contributed by atoms with Crippen LogP contribution in [0.4, 0.5) is 0 Å². The van der Waals surface area contributed by atoms with E-state index in [0.717, 1.165) is 0 Å². The van der Waals surface area contributed by atoms with Crippen LogP contribution in [0.3, 0.4) is 0 Å². The van der Waals surface area contributed by atoms with Crippen LogP contribution in [0.2, 0.25) is 0 Å². The summed E-state index contributed by atoms with van der Waals surface area (Å²) in [7, 11) is 0. The van der Waals surface area contributed by atoms with E-state index in [0.29, 0.717) is 37.1 Å². The van der Waals surface area contributed by atoms with E-state index in [-0.39, 0.29) is 50.4 Å². The summed E-state index contributed by atoms with van der Waals surface area (Å²) in [6.07, 6.45) is 4.80. The first-order valence-electron chi connectivity index (χ1n) is 16.7. The highest BCUT2D eigenvalue weighted by molar-refractivity contribution is 5.96. The highest BCUT2D eigenvalue weighted by atomic mass is 16.4. The zero-order valence-corrected chi connectivity index (χ0v) is 28.4. The topological polar surface area (TPSA) is 275 Å². The lowest BCUT2D eigenvalue weighted by Gasteiger charge is -2.31. The van der Waals surface area contributed by atoms with Gasteiger partial charge in [-0.25, -0.2) is 9.78 Å². The number of aromatic nitrogens is 2. The molecular formula is C33H49N9O8. The van der Waals surface area contributed by atoms with E-state index in [1.54, 1.807) is 26.0 Å². The Labute approximate surface area is 290 Å². The average Bonchev–Trinajstić information content (AvgIpc) is 3.79. The Bertz CT molecular complexity index is 1450. The Hall–Kier alpha value is -5.03. The molecule has 1 aliphatic rings. The summed E-state index contributed by atoms with van der Waals surface area (Å²) in [5.41, 5.74) is 12.1. The minimum atomic E-state index is -1.22. The van der Waals surface area contributed by atoms with Crippen LogP contribution in [0.1, 0.15) is 57.2 Å². The third-order valence-corrected chi connectivity index (χ3v) is 8.45. The van der Waals surface area contributed by atoms with Crippen molar-refractivity contribution in [2.45, 2.75) is 89.0 Å². The van der Waals surface area contributed by atoms with E-state index in [4.69, 9.17) is 11.5 Å². The van der Waals surface area contributed by atoms with Crippen molar-refractivity contribution in [2.24, 2.45) is 17.4 Å². The Kier molecular flexibility index (Phi) is 15.2. The number of hydrogen-bond donors (Lipinski definition) is 9. The molecule has 1 aromatic carbocycles. The number of carbonyl (C=O) groups excluding carboxylic acids is 5. The number of unbranched alkanes of at least 4 members (excludes halogenated alkanes) is 1. The maximum absolute atomic E-state index is 14.2. The number of amides is 5. The number of aromatic hydroxyl groups is 1. The molecule has 5 unspecified atom stereocenters. The van der Waals surface area contributed by atoms with Gasteiger partial charge in [-0.15, -0.1) is 0 Å². The van der Waals surface area contributed by atoms with Crippen molar-refractivity contribution in [3.05, 3.63) is 48.0 Å². The molecule has 5 amide bonds. The number of aliphatic carboxylic acids is 1. The number of aromatic amines is 1. The van der Waals surface area contributed by atoms with E-state index >= 15 is 0 Å². The number of nitrogens with one attached hydrogen (secondary N) is 5. The number of nitrogens with two attached hydrogens (primary N) is 2. The van der Waals surface area contributed by atoms with Gasteiger partial charge in [0.15, 0.2) is 0 Å². The number of carbonyl (C=O) groups is 6. The number of nitrogens with zero attached hydrogens (tertiary/aromatic N) is 2. The van der Waals surface area contributed by atoms with Crippen LogP contribution in [-0.4, -0.2) is 110 Å². The number of H-pyrrole nitrogens is 1. The van der Waals surface area contributed by atoms with Gasteiger partial charge in [0.1, 0.15) is 36.0 Å². The van der Waals surface area contributed by atoms with Gasteiger partial charge in [0.2, 0.25) is 29.5 Å². The van der Waals surface area contributed by atoms with Crippen molar-refractivity contribution in [2.75, 3.05) is 19.6 Å². The molecule has 11 N–H and O–H groups in total. The molecule has 1 saturated heterocycles. The molecule has 2 heterocycles. The molecular weight excluding hydrogens is 650 g/mol. The van der Waals surface area contributed by atoms with Crippen molar-refractivity contribution in [3.8, 4) is 5.75 Å². The lowest BCUT2D eigenvalue weighted by atomic mass is 10.00. The molecule has 0 spiro atoms. The van der Waals surface area contributed by atoms with Crippen LogP contribution in [0, 0.1) is 5.92 Å². The van der Waals surface area contributed by atoms with Crippen LogP contribution in [-0.2, 0) is 41.6 Å². The lowest BCUT2D eigenvalue weighted by Crippen LogP contribution is -2.59. The number of benzene rings is 1. The number of hydrogen-bond acceptors (Lipinski definition) is 10. The normalized spacial score (nSPS) is 16.6. The minimum absolute atomic E-state index is 0.0108. The fraction of sp³-hybridized carbons (Fsp3) is 0.545. The predicted molar refractivity (Wildman–Crippen MR) is 181 cm³/mol. The number of likely N-dealkylation sites (tertiary alicyclic amines) is 1. The van der Waals surface area contributed by atoms with Gasteiger partial charge in [0.25, 0.3) is 0 Å². The molecule has 0 aliphatic carbocycles. The van der Waals surface area contributed by atoms with Crippen LogP contribution in [0.25, 0.3) is 0 Å². The summed E-state index contributed by atoms with van der Waals surface area (Å²) in [6.45, 7) is 3.69. The highest BCUT2D eigenvalue weighted by Gasteiger charge is 2.40. The van der Waals surface area contributed by atoms with Crippen LogP contribution in [0.15, 0.2) is 36.8 Å². The lowest BCUT2D eigenvalue weighted by molar-refractivity contribution is -0.143. The summed E-state index contributed by atoms with van der Waals surface area (Å²) in [5, 5.41) is 30.0. The van der Waals surface area contributed by atoms with Crippen molar-refractivity contribution >= 4 is 35.5 Å². The molecule has 3 rings (SSSR count). The van der Waals surface area contributed by atoms with Crippen molar-refractivity contribution < 1.29 is 39.0 Å². The van der Waals surface area contributed by atoms with Gasteiger partial charge >= 0.3 is 5.97 Å². The Morgan fingerprint density at radius 2 is 1.64 bits per heavy atom. The molecule has 17 nitrogen and oxygen atoms in total. The third-order valence-electron chi connectivity index (χ3n) is 8.45. The van der Waals surface area contributed by atoms with Crippen molar-refractivity contribution in [3.63, 3.8) is 0 Å². The smallest absolute Gasteiger partial charge is 0.326 e. The van der Waals surface area contributed by atoms with Crippen LogP contribution < -0.4 is 32.7 Å². The largest absolute Gasteiger partial charge is 0.508 e. The fourth-order valence-corrected chi connectivity index (χ4v) is 5.72. The number of carboxylic acids is 1. The number of carboxylic acid groups (broad SMARTS) is 1. The first kappa shape index (κ1) is 39.4. The second kappa shape index (κ2) is 19.2. The summed E-state index contributed by atoms with van der Waals surface area (Å²) in [4.78, 5) is 87.0. The van der Waals surface area contributed by atoms with E-state index < -0.39 is 65.7 Å². The molecule has 0 radical (unpaired) electrons. The van der Waals surface area contributed by atoms with Crippen LogP contribution in [0.5, 0.6) is 5.75 Å².